The smallest absolute Gasteiger partial charge is 0.226 e. The Morgan fingerprint density at radius 3 is 2.32 bits per heavy atom. The number of hydrogen-bond donors (Lipinski definition) is 1. The number of rotatable bonds is 2. The van der Waals surface area contributed by atoms with E-state index in [9.17, 15) is 4.79 Å². The van der Waals surface area contributed by atoms with Crippen LogP contribution in [-0.4, -0.2) is 5.91 Å². The third-order valence-electron chi connectivity index (χ3n) is 6.96. The van der Waals surface area contributed by atoms with E-state index in [0.717, 1.165) is 30.6 Å². The Kier molecular flexibility index (Phi) is 2.75. The van der Waals surface area contributed by atoms with E-state index < -0.39 is 0 Å². The number of carbonyl (C=O) groups excluding carboxylic acids is 1. The van der Waals surface area contributed by atoms with Gasteiger partial charge in [0.1, 0.15) is 0 Å². The minimum Gasteiger partial charge on any atom is -0.349 e. The second-order valence-electron chi connectivity index (χ2n) is 8.46. The number of aryl methyl sites for hydroxylation is 1. The van der Waals surface area contributed by atoms with Gasteiger partial charge in [0.05, 0.1) is 6.04 Å². The summed E-state index contributed by atoms with van der Waals surface area (Å²) in [5.74, 6) is 2.90. The first-order valence-corrected chi connectivity index (χ1v) is 9.11. The molecule has 4 fully saturated rings. The fraction of sp³-hybridized carbons (Fsp3) is 0.650. The fourth-order valence-corrected chi connectivity index (χ4v) is 6.41. The second kappa shape index (κ2) is 4.59. The van der Waals surface area contributed by atoms with Gasteiger partial charge in [0.2, 0.25) is 5.91 Å². The van der Waals surface area contributed by atoms with Gasteiger partial charge in [-0.3, -0.25) is 4.79 Å². The summed E-state index contributed by atoms with van der Waals surface area (Å²) in [7, 11) is 0. The molecule has 0 heterocycles. The monoisotopic (exact) mass is 295 g/mol. The number of amides is 1. The molecule has 1 unspecified atom stereocenters. The molecule has 0 spiro atoms. The summed E-state index contributed by atoms with van der Waals surface area (Å²) in [5, 5.41) is 3.45. The number of carbonyl (C=O) groups is 1. The summed E-state index contributed by atoms with van der Waals surface area (Å²) >= 11 is 0. The van der Waals surface area contributed by atoms with Crippen LogP contribution in [0.3, 0.4) is 0 Å². The van der Waals surface area contributed by atoms with Gasteiger partial charge in [-0.15, -0.1) is 0 Å². The lowest BCUT2D eigenvalue weighted by Gasteiger charge is -2.55. The van der Waals surface area contributed by atoms with Gasteiger partial charge >= 0.3 is 0 Å². The quantitative estimate of drug-likeness (QED) is 0.877. The van der Waals surface area contributed by atoms with E-state index in [1.807, 2.05) is 0 Å². The summed E-state index contributed by atoms with van der Waals surface area (Å²) in [4.78, 5) is 13.2. The average molecular weight is 295 g/mol. The van der Waals surface area contributed by atoms with Crippen molar-refractivity contribution in [3.05, 3.63) is 35.4 Å². The molecule has 4 bridgehead atoms. The van der Waals surface area contributed by atoms with Crippen LogP contribution in [0.15, 0.2) is 24.3 Å². The minimum absolute atomic E-state index is 0.00766. The van der Waals surface area contributed by atoms with E-state index in [2.05, 4.69) is 29.6 Å². The SMILES string of the molecule is O=C(NC1CCc2ccccc21)C12CC3CC(CC(C3)C1)C2. The zero-order valence-corrected chi connectivity index (χ0v) is 13.2. The maximum Gasteiger partial charge on any atom is 0.226 e. The Labute approximate surface area is 132 Å². The zero-order valence-electron chi connectivity index (χ0n) is 13.2. The molecule has 2 heteroatoms. The summed E-state index contributed by atoms with van der Waals surface area (Å²) < 4.78 is 0. The van der Waals surface area contributed by atoms with Crippen LogP contribution in [0.1, 0.15) is 62.1 Å². The molecule has 0 aromatic heterocycles. The molecule has 5 aliphatic carbocycles. The summed E-state index contributed by atoms with van der Waals surface area (Å²) in [6.07, 6.45) is 9.90. The van der Waals surface area contributed by atoms with Gasteiger partial charge in [0.15, 0.2) is 0 Å². The van der Waals surface area contributed by atoms with Crippen LogP contribution in [0, 0.1) is 23.2 Å². The molecule has 6 rings (SSSR count). The highest BCUT2D eigenvalue weighted by molar-refractivity contribution is 5.83. The van der Waals surface area contributed by atoms with Crippen molar-refractivity contribution in [2.45, 2.75) is 57.4 Å². The topological polar surface area (TPSA) is 29.1 Å². The Bertz CT molecular complexity index is 585. The van der Waals surface area contributed by atoms with E-state index in [4.69, 9.17) is 0 Å². The van der Waals surface area contributed by atoms with E-state index in [1.165, 1.54) is 49.7 Å². The Morgan fingerprint density at radius 2 is 1.64 bits per heavy atom. The Hall–Kier alpha value is -1.31. The number of benzene rings is 1. The van der Waals surface area contributed by atoms with Crippen molar-refractivity contribution in [3.63, 3.8) is 0 Å². The zero-order chi connectivity index (χ0) is 14.7. The van der Waals surface area contributed by atoms with Crippen LogP contribution < -0.4 is 5.32 Å². The molecule has 5 aliphatic rings. The molecular formula is C20H25NO. The maximum atomic E-state index is 13.2. The van der Waals surface area contributed by atoms with Crippen LogP contribution in [0.25, 0.3) is 0 Å². The average Bonchev–Trinajstić information content (AvgIpc) is 2.89. The molecule has 4 saturated carbocycles. The third-order valence-corrected chi connectivity index (χ3v) is 6.96. The number of nitrogens with one attached hydrogen (secondary N) is 1. The minimum atomic E-state index is -0.00766. The lowest BCUT2D eigenvalue weighted by atomic mass is 9.49. The van der Waals surface area contributed by atoms with Gasteiger partial charge in [-0.1, -0.05) is 24.3 Å². The fourth-order valence-electron chi connectivity index (χ4n) is 6.41. The largest absolute Gasteiger partial charge is 0.349 e. The van der Waals surface area contributed by atoms with E-state index in [1.54, 1.807) is 0 Å². The third kappa shape index (κ3) is 1.89. The van der Waals surface area contributed by atoms with Crippen molar-refractivity contribution in [1.82, 2.24) is 5.32 Å². The lowest BCUT2D eigenvalue weighted by Crippen LogP contribution is -2.53. The summed E-state index contributed by atoms with van der Waals surface area (Å²) in [5.41, 5.74) is 2.78. The van der Waals surface area contributed by atoms with Crippen molar-refractivity contribution in [2.75, 3.05) is 0 Å². The normalized spacial score (nSPS) is 41.5. The van der Waals surface area contributed by atoms with Crippen LogP contribution >= 0.6 is 0 Å². The lowest BCUT2D eigenvalue weighted by molar-refractivity contribution is -0.147. The maximum absolute atomic E-state index is 13.2. The van der Waals surface area contributed by atoms with E-state index >= 15 is 0 Å². The van der Waals surface area contributed by atoms with Crippen LogP contribution in [-0.2, 0) is 11.2 Å². The van der Waals surface area contributed by atoms with Crippen LogP contribution in [0.2, 0.25) is 0 Å². The first-order chi connectivity index (χ1) is 10.7. The molecule has 0 radical (unpaired) electrons. The van der Waals surface area contributed by atoms with Gasteiger partial charge in [-0.05, 0) is 80.2 Å². The molecule has 116 valence electrons. The molecule has 0 aliphatic heterocycles. The first-order valence-electron chi connectivity index (χ1n) is 9.11. The van der Waals surface area contributed by atoms with Gasteiger partial charge in [0.25, 0.3) is 0 Å². The van der Waals surface area contributed by atoms with Crippen molar-refractivity contribution in [3.8, 4) is 0 Å². The van der Waals surface area contributed by atoms with E-state index in [0.29, 0.717) is 5.91 Å². The Balaban J connectivity index is 1.38. The first kappa shape index (κ1) is 13.2. The van der Waals surface area contributed by atoms with Crippen LogP contribution in [0.5, 0.6) is 0 Å². The summed E-state index contributed by atoms with van der Waals surface area (Å²) in [6.45, 7) is 0. The molecule has 1 atom stereocenters. The predicted octanol–water partition coefficient (Wildman–Crippen LogP) is 4.01. The molecular weight excluding hydrogens is 270 g/mol. The second-order valence-corrected chi connectivity index (χ2v) is 8.46. The van der Waals surface area contributed by atoms with E-state index in [-0.39, 0.29) is 11.5 Å². The van der Waals surface area contributed by atoms with Crippen LogP contribution in [0.4, 0.5) is 0 Å². The standard InChI is InChI=1S/C20H25NO/c22-19(21-18-6-5-16-3-1-2-4-17(16)18)20-10-13-7-14(11-20)9-15(8-13)12-20/h1-4,13-15,18H,5-12H2,(H,21,22). The molecule has 1 aromatic carbocycles. The molecule has 1 N–H and O–H groups in total. The van der Waals surface area contributed by atoms with Crippen molar-refractivity contribution in [2.24, 2.45) is 23.2 Å². The highest BCUT2D eigenvalue weighted by Crippen LogP contribution is 2.60. The van der Waals surface area contributed by atoms with Crippen molar-refractivity contribution >= 4 is 5.91 Å². The van der Waals surface area contributed by atoms with Gasteiger partial charge in [0, 0.05) is 5.41 Å². The molecule has 2 nitrogen and oxygen atoms in total. The van der Waals surface area contributed by atoms with Crippen molar-refractivity contribution in [1.29, 1.82) is 0 Å². The molecule has 1 aromatic rings. The van der Waals surface area contributed by atoms with Gasteiger partial charge in [-0.25, -0.2) is 0 Å². The number of hydrogen-bond acceptors (Lipinski definition) is 1. The van der Waals surface area contributed by atoms with Gasteiger partial charge in [-0.2, -0.15) is 0 Å². The Morgan fingerprint density at radius 1 is 1.00 bits per heavy atom. The predicted molar refractivity (Wildman–Crippen MR) is 86.3 cm³/mol. The summed E-state index contributed by atoms with van der Waals surface area (Å²) in [6, 6.07) is 8.90. The molecule has 22 heavy (non-hydrogen) atoms. The highest BCUT2D eigenvalue weighted by Gasteiger charge is 2.54. The molecule has 0 saturated heterocycles. The van der Waals surface area contributed by atoms with Gasteiger partial charge < -0.3 is 5.32 Å². The van der Waals surface area contributed by atoms with Crippen molar-refractivity contribution < 1.29 is 4.79 Å². The highest BCUT2D eigenvalue weighted by atomic mass is 16.2. The number of fused-ring (bicyclic) bond motifs is 1. The molecule has 1 amide bonds.